The largest absolute Gasteiger partial charge is 0.491 e. The maximum absolute atomic E-state index is 12.4. The Balaban J connectivity index is 1.54. The molecule has 0 fully saturated rings. The fourth-order valence-corrected chi connectivity index (χ4v) is 3.61. The number of ether oxygens (including phenoxy) is 1. The van der Waals surface area contributed by atoms with E-state index in [1.165, 1.54) is 11.8 Å². The lowest BCUT2D eigenvalue weighted by Crippen LogP contribution is -2.29. The summed E-state index contributed by atoms with van der Waals surface area (Å²) in [7, 11) is 0. The third-order valence-corrected chi connectivity index (χ3v) is 5.07. The summed E-state index contributed by atoms with van der Waals surface area (Å²) in [5.41, 5.74) is 4.22. The van der Waals surface area contributed by atoms with Gasteiger partial charge < -0.3 is 19.0 Å². The molecule has 30 heavy (non-hydrogen) atoms. The molecule has 1 N–H and O–H groups in total. The number of hydrogen-bond donors (Lipinski definition) is 1. The van der Waals surface area contributed by atoms with Crippen molar-refractivity contribution in [2.75, 3.05) is 6.61 Å². The Labute approximate surface area is 175 Å². The standard InChI is InChI=1S/C24H25N3O3/c1-16-10-11-21(17(2)15-16)30-14-12-27-20-8-5-4-7-19(20)26-23(27)18(3)25-24(28)22-9-6-13-29-22/h4-11,13,15,18H,12,14H2,1-3H3,(H,25,28). The van der Waals surface area contributed by atoms with Crippen LogP contribution in [-0.2, 0) is 6.54 Å². The molecule has 1 atom stereocenters. The molecule has 0 saturated heterocycles. The van der Waals surface area contributed by atoms with Crippen molar-refractivity contribution < 1.29 is 13.9 Å². The number of carbonyl (C=O) groups is 1. The average molecular weight is 403 g/mol. The molecule has 4 aromatic rings. The molecule has 2 aromatic heterocycles. The molecule has 0 saturated carbocycles. The molecule has 2 heterocycles. The van der Waals surface area contributed by atoms with Gasteiger partial charge in [-0.15, -0.1) is 0 Å². The number of para-hydroxylation sites is 2. The number of fused-ring (bicyclic) bond motifs is 1. The maximum Gasteiger partial charge on any atom is 0.287 e. The van der Waals surface area contributed by atoms with Gasteiger partial charge in [-0.2, -0.15) is 0 Å². The zero-order chi connectivity index (χ0) is 21.1. The van der Waals surface area contributed by atoms with Crippen LogP contribution in [0.1, 0.15) is 40.5 Å². The number of aromatic nitrogens is 2. The first-order valence-electron chi connectivity index (χ1n) is 10.0. The molecule has 0 aliphatic heterocycles. The molecule has 6 nitrogen and oxygen atoms in total. The fourth-order valence-electron chi connectivity index (χ4n) is 3.61. The summed E-state index contributed by atoms with van der Waals surface area (Å²) in [5.74, 6) is 1.67. The highest BCUT2D eigenvalue weighted by Gasteiger charge is 2.20. The molecule has 1 amide bonds. The van der Waals surface area contributed by atoms with E-state index in [0.717, 1.165) is 28.2 Å². The van der Waals surface area contributed by atoms with E-state index in [1.54, 1.807) is 12.1 Å². The molecule has 0 radical (unpaired) electrons. The van der Waals surface area contributed by atoms with E-state index in [4.69, 9.17) is 14.1 Å². The second-order valence-electron chi connectivity index (χ2n) is 7.40. The minimum Gasteiger partial charge on any atom is -0.491 e. The van der Waals surface area contributed by atoms with E-state index >= 15 is 0 Å². The van der Waals surface area contributed by atoms with Crippen LogP contribution in [0.15, 0.2) is 65.3 Å². The zero-order valence-electron chi connectivity index (χ0n) is 17.4. The van der Waals surface area contributed by atoms with E-state index in [2.05, 4.69) is 22.9 Å². The summed E-state index contributed by atoms with van der Waals surface area (Å²) in [6.07, 6.45) is 1.49. The van der Waals surface area contributed by atoms with Crippen LogP contribution in [0.4, 0.5) is 0 Å². The Morgan fingerprint density at radius 3 is 2.77 bits per heavy atom. The van der Waals surface area contributed by atoms with Crippen molar-refractivity contribution in [2.45, 2.75) is 33.4 Å². The lowest BCUT2D eigenvalue weighted by atomic mass is 10.1. The quantitative estimate of drug-likeness (QED) is 0.480. The Morgan fingerprint density at radius 2 is 2.00 bits per heavy atom. The summed E-state index contributed by atoms with van der Waals surface area (Å²) >= 11 is 0. The Kier molecular flexibility index (Phi) is 5.57. The van der Waals surface area contributed by atoms with E-state index in [-0.39, 0.29) is 17.7 Å². The van der Waals surface area contributed by atoms with Crippen molar-refractivity contribution in [3.63, 3.8) is 0 Å². The highest BCUT2D eigenvalue weighted by molar-refractivity contribution is 5.91. The number of rotatable bonds is 7. The van der Waals surface area contributed by atoms with Crippen LogP contribution in [-0.4, -0.2) is 22.1 Å². The molecule has 0 aliphatic rings. The van der Waals surface area contributed by atoms with Gasteiger partial charge in [-0.05, 0) is 56.7 Å². The average Bonchev–Trinajstić information content (AvgIpc) is 3.38. The number of nitrogens with zero attached hydrogens (tertiary/aromatic N) is 2. The van der Waals surface area contributed by atoms with Gasteiger partial charge in [0.2, 0.25) is 0 Å². The number of imidazole rings is 1. The zero-order valence-corrected chi connectivity index (χ0v) is 17.4. The van der Waals surface area contributed by atoms with Crippen LogP contribution in [0, 0.1) is 13.8 Å². The lowest BCUT2D eigenvalue weighted by molar-refractivity contribution is 0.0909. The number of carbonyl (C=O) groups excluding carboxylic acids is 1. The van der Waals surface area contributed by atoms with E-state index in [1.807, 2.05) is 50.2 Å². The Hall–Kier alpha value is -3.54. The highest BCUT2D eigenvalue weighted by Crippen LogP contribution is 2.22. The number of nitrogens with one attached hydrogen (secondary N) is 1. The predicted octanol–water partition coefficient (Wildman–Crippen LogP) is 4.82. The van der Waals surface area contributed by atoms with Gasteiger partial charge in [-0.25, -0.2) is 4.98 Å². The molecular weight excluding hydrogens is 378 g/mol. The third kappa shape index (κ3) is 4.08. The first kappa shape index (κ1) is 19.8. The summed E-state index contributed by atoms with van der Waals surface area (Å²) in [5, 5.41) is 2.97. The molecule has 6 heteroatoms. The van der Waals surface area contributed by atoms with Gasteiger partial charge in [0, 0.05) is 0 Å². The number of benzene rings is 2. The number of furan rings is 1. The van der Waals surface area contributed by atoms with Crippen LogP contribution in [0.2, 0.25) is 0 Å². The van der Waals surface area contributed by atoms with E-state index < -0.39 is 0 Å². The van der Waals surface area contributed by atoms with Gasteiger partial charge in [-0.3, -0.25) is 4.79 Å². The van der Waals surface area contributed by atoms with Gasteiger partial charge in [0.05, 0.1) is 29.9 Å². The smallest absolute Gasteiger partial charge is 0.287 e. The normalized spacial score (nSPS) is 12.1. The molecule has 0 aliphatic carbocycles. The van der Waals surface area contributed by atoms with Crippen LogP contribution in [0.3, 0.4) is 0 Å². The van der Waals surface area contributed by atoms with Crippen molar-refractivity contribution in [1.29, 1.82) is 0 Å². The Morgan fingerprint density at radius 1 is 1.17 bits per heavy atom. The Bertz CT molecular complexity index is 1160. The highest BCUT2D eigenvalue weighted by atomic mass is 16.5. The number of hydrogen-bond acceptors (Lipinski definition) is 4. The molecule has 1 unspecified atom stereocenters. The van der Waals surface area contributed by atoms with E-state index in [9.17, 15) is 4.79 Å². The molecule has 2 aromatic carbocycles. The predicted molar refractivity (Wildman–Crippen MR) is 116 cm³/mol. The molecule has 0 spiro atoms. The summed E-state index contributed by atoms with van der Waals surface area (Å²) < 4.78 is 13.3. The van der Waals surface area contributed by atoms with Crippen LogP contribution in [0.5, 0.6) is 5.75 Å². The monoisotopic (exact) mass is 403 g/mol. The minimum atomic E-state index is -0.295. The third-order valence-electron chi connectivity index (χ3n) is 5.07. The van der Waals surface area contributed by atoms with Gasteiger partial charge >= 0.3 is 0 Å². The second kappa shape index (κ2) is 8.45. The summed E-state index contributed by atoms with van der Waals surface area (Å²) in [6, 6.07) is 17.2. The fraction of sp³-hybridized carbons (Fsp3) is 0.250. The second-order valence-corrected chi connectivity index (χ2v) is 7.40. The molecule has 154 valence electrons. The topological polar surface area (TPSA) is 69.3 Å². The first-order chi connectivity index (χ1) is 14.5. The van der Waals surface area contributed by atoms with Crippen molar-refractivity contribution >= 4 is 16.9 Å². The molecular formula is C24H25N3O3. The van der Waals surface area contributed by atoms with Crippen molar-refractivity contribution in [3.05, 3.63) is 83.6 Å². The van der Waals surface area contributed by atoms with Crippen molar-refractivity contribution in [3.8, 4) is 5.75 Å². The van der Waals surface area contributed by atoms with Gasteiger partial charge in [0.1, 0.15) is 18.2 Å². The summed E-state index contributed by atoms with van der Waals surface area (Å²) in [6.45, 7) is 7.15. The minimum absolute atomic E-state index is 0.266. The maximum atomic E-state index is 12.4. The summed E-state index contributed by atoms with van der Waals surface area (Å²) in [4.78, 5) is 17.2. The number of amides is 1. The van der Waals surface area contributed by atoms with Gasteiger partial charge in [-0.1, -0.05) is 29.8 Å². The van der Waals surface area contributed by atoms with Crippen molar-refractivity contribution in [1.82, 2.24) is 14.9 Å². The van der Waals surface area contributed by atoms with Crippen LogP contribution < -0.4 is 10.1 Å². The first-order valence-corrected chi connectivity index (χ1v) is 10.0. The van der Waals surface area contributed by atoms with E-state index in [0.29, 0.717) is 13.2 Å². The van der Waals surface area contributed by atoms with Crippen LogP contribution >= 0.6 is 0 Å². The number of aryl methyl sites for hydroxylation is 2. The van der Waals surface area contributed by atoms with Gasteiger partial charge in [0.25, 0.3) is 5.91 Å². The lowest BCUT2D eigenvalue weighted by Gasteiger charge is -2.16. The van der Waals surface area contributed by atoms with Gasteiger partial charge in [0.15, 0.2) is 5.76 Å². The molecule has 4 rings (SSSR count). The SMILES string of the molecule is Cc1ccc(OCCn2c(C(C)NC(=O)c3ccco3)nc3ccccc32)c(C)c1. The van der Waals surface area contributed by atoms with Crippen molar-refractivity contribution in [2.24, 2.45) is 0 Å². The molecule has 0 bridgehead atoms. The van der Waals surface area contributed by atoms with Crippen LogP contribution in [0.25, 0.3) is 11.0 Å².